The molecule has 0 aromatic rings. The van der Waals surface area contributed by atoms with E-state index in [1.54, 1.807) is 0 Å². The van der Waals surface area contributed by atoms with E-state index in [0.29, 0.717) is 0 Å². The number of halogens is 4. The Kier molecular flexibility index (Phi) is 42.9. The van der Waals surface area contributed by atoms with Crippen LogP contribution in [0.5, 0.6) is 0 Å². The van der Waals surface area contributed by atoms with Gasteiger partial charge in [-0.15, -0.1) is 0 Å². The van der Waals surface area contributed by atoms with E-state index < -0.39 is 19.3 Å². The van der Waals surface area contributed by atoms with Crippen LogP contribution in [-0.4, -0.2) is 21.9 Å². The van der Waals surface area contributed by atoms with E-state index >= 15 is 0 Å². The van der Waals surface area contributed by atoms with Gasteiger partial charge in [-0.1, -0.05) is 0 Å². The number of hydrogen-bond acceptors (Lipinski definition) is 0. The number of hydrogen-bond donors (Lipinski definition) is 0. The van der Waals surface area contributed by atoms with Gasteiger partial charge in [0.1, 0.15) is 0 Å². The van der Waals surface area contributed by atoms with Crippen molar-refractivity contribution in [2.24, 2.45) is 0 Å². The van der Waals surface area contributed by atoms with Gasteiger partial charge in [-0.25, -0.2) is 0 Å². The molecule has 0 heterocycles. The molecule has 0 bridgehead atoms. The molecule has 0 atom stereocenters. The molecule has 0 aliphatic carbocycles. The van der Waals surface area contributed by atoms with Crippen LogP contribution in [0.3, 0.4) is 0 Å². The Morgan fingerprint density at radius 3 is 0.556 bits per heavy atom. The van der Waals surface area contributed by atoms with Crippen molar-refractivity contribution in [1.29, 1.82) is 0 Å². The van der Waals surface area contributed by atoms with Gasteiger partial charge < -0.3 is 21.9 Å². The summed E-state index contributed by atoms with van der Waals surface area (Å²) in [5.74, 6) is 0. The summed E-state index contributed by atoms with van der Waals surface area (Å²) in [4.78, 5) is 0. The average Bonchev–Trinajstić information content (AvgIpc) is 0.722. The first kappa shape index (κ1) is 34.6. The van der Waals surface area contributed by atoms with Gasteiger partial charge in [-0.2, -0.15) is 0 Å². The minimum atomic E-state index is -7.10. The van der Waals surface area contributed by atoms with Crippen molar-refractivity contribution in [1.82, 2.24) is 0 Å². The molecule has 0 fully saturated rings. The minimum absolute atomic E-state index is 0. The molecular formula is H8F4NbO4. The van der Waals surface area contributed by atoms with Gasteiger partial charge in [-0.05, 0) is 0 Å². The Labute approximate surface area is 54.1 Å². The summed E-state index contributed by atoms with van der Waals surface area (Å²) in [5, 5.41) is 0. The van der Waals surface area contributed by atoms with Gasteiger partial charge in [0.25, 0.3) is 0 Å². The van der Waals surface area contributed by atoms with E-state index in [4.69, 9.17) is 0 Å². The Bertz CT molecular complexity index is 28.0. The number of rotatable bonds is 0. The summed E-state index contributed by atoms with van der Waals surface area (Å²) < 4.78 is 39.6. The quantitative estimate of drug-likeness (QED) is 0.357. The van der Waals surface area contributed by atoms with Crippen LogP contribution in [0.25, 0.3) is 0 Å². The van der Waals surface area contributed by atoms with Crippen LogP contribution in [0.2, 0.25) is 0 Å². The van der Waals surface area contributed by atoms with Crippen LogP contribution < -0.4 is 0 Å². The SMILES string of the molecule is O.O.O.O.[F][Nb]([F])([F])[F]. The first-order valence-electron chi connectivity index (χ1n) is 0.676. The topological polar surface area (TPSA) is 126 Å². The van der Waals surface area contributed by atoms with Gasteiger partial charge in [-0.3, -0.25) is 0 Å². The maximum absolute atomic E-state index is 9.89. The van der Waals surface area contributed by atoms with E-state index in [-0.39, 0.29) is 21.9 Å². The van der Waals surface area contributed by atoms with Crippen molar-refractivity contribution in [3.8, 4) is 0 Å². The summed E-state index contributed by atoms with van der Waals surface area (Å²) in [6, 6.07) is 0. The molecule has 0 aromatic heterocycles. The summed E-state index contributed by atoms with van der Waals surface area (Å²) in [6.45, 7) is 0. The van der Waals surface area contributed by atoms with E-state index in [0.717, 1.165) is 0 Å². The van der Waals surface area contributed by atoms with E-state index in [1.807, 2.05) is 0 Å². The molecule has 4 nitrogen and oxygen atoms in total. The van der Waals surface area contributed by atoms with Crippen LogP contribution in [0.1, 0.15) is 0 Å². The van der Waals surface area contributed by atoms with E-state index in [9.17, 15) is 12.1 Å². The zero-order chi connectivity index (χ0) is 4.50. The normalized spacial score (nSPS) is 6.67. The van der Waals surface area contributed by atoms with E-state index in [1.165, 1.54) is 0 Å². The third kappa shape index (κ3) is 3650. The van der Waals surface area contributed by atoms with Crippen molar-refractivity contribution in [3.63, 3.8) is 0 Å². The summed E-state index contributed by atoms with van der Waals surface area (Å²) in [5.41, 5.74) is 0. The molecule has 0 radical (unpaired) electrons. The average molecular weight is 241 g/mol. The molecule has 0 aliphatic heterocycles. The van der Waals surface area contributed by atoms with Crippen LogP contribution in [0.15, 0.2) is 0 Å². The molecule has 0 saturated heterocycles. The predicted octanol–water partition coefficient (Wildman–Crippen LogP) is -1.62. The molecule has 0 aliphatic rings. The zero-order valence-corrected chi connectivity index (χ0v) is 6.16. The fraction of sp³-hybridized carbons (Fsp3) is 0. The van der Waals surface area contributed by atoms with Crippen LogP contribution in [0.4, 0.5) is 12.1 Å². The molecule has 8 N–H and O–H groups in total. The first-order chi connectivity index (χ1) is 2.00. The molecular weight excluding hydrogens is 233 g/mol. The van der Waals surface area contributed by atoms with Gasteiger partial charge in [0.15, 0.2) is 0 Å². The van der Waals surface area contributed by atoms with Gasteiger partial charge in [0, 0.05) is 0 Å². The second kappa shape index (κ2) is 11.1. The Morgan fingerprint density at radius 1 is 0.556 bits per heavy atom. The van der Waals surface area contributed by atoms with Crippen molar-refractivity contribution < 1.29 is 53.3 Å². The van der Waals surface area contributed by atoms with Crippen LogP contribution in [0, 0.1) is 0 Å². The monoisotopic (exact) mass is 241 g/mol. The molecule has 0 unspecified atom stereocenters. The van der Waals surface area contributed by atoms with Crippen molar-refractivity contribution in [3.05, 3.63) is 0 Å². The standard InChI is InChI=1S/4FH.Nb.4H2O/h4*1H;;4*1H2/q;;;;+4;;;;/p-4. The van der Waals surface area contributed by atoms with Crippen LogP contribution >= 0.6 is 0 Å². The zero-order valence-electron chi connectivity index (χ0n) is 3.96. The maximum atomic E-state index is 9.89. The van der Waals surface area contributed by atoms with Gasteiger partial charge in [0.05, 0.1) is 0 Å². The second-order valence-electron chi connectivity index (χ2n) is 0.383. The van der Waals surface area contributed by atoms with Crippen LogP contribution in [-0.2, 0) is 19.3 Å². The Morgan fingerprint density at radius 2 is 0.556 bits per heavy atom. The Balaban J connectivity index is -0.0000000133. The van der Waals surface area contributed by atoms with Crippen molar-refractivity contribution >= 4 is 0 Å². The second-order valence-corrected chi connectivity index (χ2v) is 2.27. The molecule has 65 valence electrons. The molecule has 9 heavy (non-hydrogen) atoms. The molecule has 0 amide bonds. The molecule has 0 spiro atoms. The fourth-order valence-corrected chi connectivity index (χ4v) is 0. The molecule has 0 rings (SSSR count). The van der Waals surface area contributed by atoms with E-state index in [2.05, 4.69) is 0 Å². The summed E-state index contributed by atoms with van der Waals surface area (Å²) in [6.07, 6.45) is 0. The predicted molar refractivity (Wildman–Crippen MR) is 18.9 cm³/mol. The summed E-state index contributed by atoms with van der Waals surface area (Å²) >= 11 is -7.10. The van der Waals surface area contributed by atoms with Gasteiger partial charge >= 0.3 is 31.4 Å². The molecule has 0 aromatic carbocycles. The first-order valence-corrected chi connectivity index (χ1v) is 4.00. The summed E-state index contributed by atoms with van der Waals surface area (Å²) in [7, 11) is 0. The van der Waals surface area contributed by atoms with Crippen molar-refractivity contribution in [2.75, 3.05) is 0 Å². The third-order valence-corrected chi connectivity index (χ3v) is 0. The van der Waals surface area contributed by atoms with Gasteiger partial charge in [0.2, 0.25) is 0 Å². The fourth-order valence-electron chi connectivity index (χ4n) is 0. The molecule has 9 heteroatoms. The third-order valence-electron chi connectivity index (χ3n) is 0. The van der Waals surface area contributed by atoms with Crippen molar-refractivity contribution in [2.45, 2.75) is 0 Å². The Hall–Kier alpha value is 0.300. The molecule has 0 saturated carbocycles.